The van der Waals surface area contributed by atoms with E-state index in [-0.39, 0.29) is 6.04 Å². The Morgan fingerprint density at radius 2 is 2.29 bits per heavy atom. The molecular formula is C8H15N3O2S. The van der Waals surface area contributed by atoms with Crippen LogP contribution in [-0.4, -0.2) is 47.6 Å². The molecule has 0 aromatic rings. The Morgan fingerprint density at radius 3 is 2.79 bits per heavy atom. The molecule has 80 valence electrons. The summed E-state index contributed by atoms with van der Waals surface area (Å²) in [5, 5.41) is 0. The van der Waals surface area contributed by atoms with Crippen LogP contribution in [0.25, 0.3) is 0 Å². The molecule has 0 spiro atoms. The highest BCUT2D eigenvalue weighted by atomic mass is 32.1. The van der Waals surface area contributed by atoms with Crippen LogP contribution < -0.4 is 11.5 Å². The number of nitrogens with two attached hydrogens (primary N) is 2. The Morgan fingerprint density at radius 1 is 1.64 bits per heavy atom. The summed E-state index contributed by atoms with van der Waals surface area (Å²) in [6, 6.07) is -0.536. The van der Waals surface area contributed by atoms with Crippen LogP contribution in [0.5, 0.6) is 0 Å². The molecule has 0 radical (unpaired) electrons. The first-order valence-electron chi connectivity index (χ1n) is 4.46. The second-order valence-corrected chi connectivity index (χ2v) is 3.78. The topological polar surface area (TPSA) is 81.6 Å². The Hall–Kier alpha value is -0.720. The van der Waals surface area contributed by atoms with Gasteiger partial charge in [0, 0.05) is 6.54 Å². The first-order chi connectivity index (χ1) is 6.54. The van der Waals surface area contributed by atoms with Crippen molar-refractivity contribution < 1.29 is 9.53 Å². The van der Waals surface area contributed by atoms with Gasteiger partial charge in [0.1, 0.15) is 6.04 Å². The van der Waals surface area contributed by atoms with E-state index in [1.165, 1.54) is 0 Å². The summed E-state index contributed by atoms with van der Waals surface area (Å²) in [5.41, 5.74) is 10.8. The van der Waals surface area contributed by atoms with Crippen molar-refractivity contribution in [2.24, 2.45) is 11.5 Å². The van der Waals surface area contributed by atoms with Crippen LogP contribution in [0.2, 0.25) is 0 Å². The van der Waals surface area contributed by atoms with Crippen molar-refractivity contribution in [1.29, 1.82) is 0 Å². The molecule has 1 aliphatic rings. The quantitative estimate of drug-likeness (QED) is 0.583. The van der Waals surface area contributed by atoms with Gasteiger partial charge >= 0.3 is 0 Å². The van der Waals surface area contributed by atoms with Crippen molar-refractivity contribution in [3.63, 3.8) is 0 Å². The van der Waals surface area contributed by atoms with Gasteiger partial charge in [-0.15, -0.1) is 0 Å². The van der Waals surface area contributed by atoms with Gasteiger partial charge in [0.2, 0.25) is 5.91 Å². The van der Waals surface area contributed by atoms with Crippen LogP contribution in [0.1, 0.15) is 6.92 Å². The first-order valence-corrected chi connectivity index (χ1v) is 4.87. The summed E-state index contributed by atoms with van der Waals surface area (Å²) in [4.78, 5) is 13.4. The molecule has 14 heavy (non-hydrogen) atoms. The van der Waals surface area contributed by atoms with E-state index in [1.54, 1.807) is 0 Å². The summed E-state index contributed by atoms with van der Waals surface area (Å²) in [5.74, 6) is -0.396. The van der Waals surface area contributed by atoms with Gasteiger partial charge in [0.15, 0.2) is 0 Å². The maximum atomic E-state index is 11.1. The zero-order chi connectivity index (χ0) is 10.7. The molecule has 1 rings (SSSR count). The maximum absolute atomic E-state index is 11.1. The summed E-state index contributed by atoms with van der Waals surface area (Å²) in [6.07, 6.45) is 0. The van der Waals surface area contributed by atoms with Crippen molar-refractivity contribution in [2.75, 3.05) is 19.8 Å². The van der Waals surface area contributed by atoms with Crippen molar-refractivity contribution in [2.45, 2.75) is 19.0 Å². The van der Waals surface area contributed by atoms with Crippen molar-refractivity contribution >= 4 is 23.1 Å². The van der Waals surface area contributed by atoms with E-state index in [2.05, 4.69) is 0 Å². The molecule has 0 aliphatic carbocycles. The highest BCUT2D eigenvalue weighted by molar-refractivity contribution is 7.80. The molecule has 0 saturated carbocycles. The van der Waals surface area contributed by atoms with E-state index in [4.69, 9.17) is 28.4 Å². The average molecular weight is 217 g/mol. The molecule has 1 fully saturated rings. The average Bonchev–Trinajstić information content (AvgIpc) is 2.16. The molecule has 1 saturated heterocycles. The predicted octanol–water partition coefficient (Wildman–Crippen LogP) is -1.15. The number of thiocarbonyl (C=S) groups is 1. The van der Waals surface area contributed by atoms with Gasteiger partial charge in [0.25, 0.3) is 0 Å². The SMILES string of the molecule is CC(C(N)=S)N1CCOCC1C(N)=O. The number of carbonyl (C=O) groups excluding carboxylic acids is 1. The molecule has 2 unspecified atom stereocenters. The van der Waals surface area contributed by atoms with Crippen LogP contribution in [-0.2, 0) is 9.53 Å². The number of hydrogen-bond acceptors (Lipinski definition) is 4. The van der Waals surface area contributed by atoms with Gasteiger partial charge in [-0.3, -0.25) is 9.69 Å². The molecule has 1 heterocycles. The largest absolute Gasteiger partial charge is 0.392 e. The fourth-order valence-electron chi connectivity index (χ4n) is 1.49. The highest BCUT2D eigenvalue weighted by Crippen LogP contribution is 2.11. The lowest BCUT2D eigenvalue weighted by Crippen LogP contribution is -2.58. The lowest BCUT2D eigenvalue weighted by molar-refractivity contribution is -0.129. The number of carbonyl (C=O) groups is 1. The zero-order valence-electron chi connectivity index (χ0n) is 8.10. The molecular weight excluding hydrogens is 202 g/mol. The first kappa shape index (κ1) is 11.4. The van der Waals surface area contributed by atoms with Gasteiger partial charge in [-0.2, -0.15) is 0 Å². The number of ether oxygens (including phenoxy) is 1. The smallest absolute Gasteiger partial charge is 0.237 e. The second kappa shape index (κ2) is 4.68. The van der Waals surface area contributed by atoms with E-state index >= 15 is 0 Å². The lowest BCUT2D eigenvalue weighted by atomic mass is 10.1. The Bertz CT molecular complexity index is 247. The number of rotatable bonds is 3. The molecule has 1 amide bonds. The minimum absolute atomic E-state index is 0.119. The Kier molecular flexibility index (Phi) is 3.79. The van der Waals surface area contributed by atoms with E-state index < -0.39 is 11.9 Å². The molecule has 6 heteroatoms. The van der Waals surface area contributed by atoms with E-state index in [0.717, 1.165) is 0 Å². The van der Waals surface area contributed by atoms with Gasteiger partial charge in [-0.1, -0.05) is 12.2 Å². The van der Waals surface area contributed by atoms with E-state index in [9.17, 15) is 4.79 Å². The Balaban J connectivity index is 2.72. The molecule has 2 atom stereocenters. The van der Waals surface area contributed by atoms with Crippen LogP contribution >= 0.6 is 12.2 Å². The van der Waals surface area contributed by atoms with Crippen LogP contribution in [0.4, 0.5) is 0 Å². The molecule has 1 aliphatic heterocycles. The standard InChI is InChI=1S/C8H15N3O2S/c1-5(8(10)14)11-2-3-13-4-6(11)7(9)12/h5-6H,2-4H2,1H3,(H2,9,12)(H2,10,14). The van der Waals surface area contributed by atoms with Crippen molar-refractivity contribution in [3.8, 4) is 0 Å². The van der Waals surface area contributed by atoms with Gasteiger partial charge in [-0.05, 0) is 6.92 Å². The van der Waals surface area contributed by atoms with Gasteiger partial charge < -0.3 is 16.2 Å². The number of nitrogens with zero attached hydrogens (tertiary/aromatic N) is 1. The third-order valence-corrected chi connectivity index (χ3v) is 2.75. The van der Waals surface area contributed by atoms with Gasteiger partial charge in [0.05, 0.1) is 24.2 Å². The van der Waals surface area contributed by atoms with Crippen LogP contribution in [0.3, 0.4) is 0 Å². The Labute approximate surface area is 88.4 Å². The van der Waals surface area contributed by atoms with Crippen LogP contribution in [0.15, 0.2) is 0 Å². The summed E-state index contributed by atoms with van der Waals surface area (Å²) in [7, 11) is 0. The zero-order valence-corrected chi connectivity index (χ0v) is 8.92. The molecule has 0 aromatic heterocycles. The molecule has 4 N–H and O–H groups in total. The van der Waals surface area contributed by atoms with Crippen LogP contribution in [0, 0.1) is 0 Å². The van der Waals surface area contributed by atoms with Crippen molar-refractivity contribution in [1.82, 2.24) is 4.90 Å². The molecule has 0 bridgehead atoms. The second-order valence-electron chi connectivity index (χ2n) is 3.31. The van der Waals surface area contributed by atoms with Gasteiger partial charge in [-0.25, -0.2) is 0 Å². The summed E-state index contributed by atoms with van der Waals surface area (Å²) < 4.78 is 5.18. The fourth-order valence-corrected chi connectivity index (χ4v) is 1.62. The normalized spacial score (nSPS) is 25.6. The monoisotopic (exact) mass is 217 g/mol. The minimum Gasteiger partial charge on any atom is -0.392 e. The fraction of sp³-hybridized carbons (Fsp3) is 0.750. The summed E-state index contributed by atoms with van der Waals surface area (Å²) >= 11 is 4.88. The molecule has 0 aromatic carbocycles. The summed E-state index contributed by atoms with van der Waals surface area (Å²) in [6.45, 7) is 3.40. The van der Waals surface area contributed by atoms with Crippen molar-refractivity contribution in [3.05, 3.63) is 0 Å². The minimum atomic E-state index is -0.416. The highest BCUT2D eigenvalue weighted by Gasteiger charge is 2.31. The third kappa shape index (κ3) is 2.40. The third-order valence-electron chi connectivity index (χ3n) is 2.41. The van der Waals surface area contributed by atoms with E-state index in [0.29, 0.717) is 24.7 Å². The number of hydrogen-bond donors (Lipinski definition) is 2. The number of morpholine rings is 1. The molecule has 5 nitrogen and oxygen atoms in total. The lowest BCUT2D eigenvalue weighted by Gasteiger charge is -2.37. The number of amides is 1. The van der Waals surface area contributed by atoms with E-state index in [1.807, 2.05) is 11.8 Å². The maximum Gasteiger partial charge on any atom is 0.237 e. The number of primary amides is 1. The predicted molar refractivity (Wildman–Crippen MR) is 56.8 cm³/mol.